The number of aliphatic imine (C=N–C) groups is 1. The van der Waals surface area contributed by atoms with Crippen molar-refractivity contribution in [3.63, 3.8) is 0 Å². The summed E-state index contributed by atoms with van der Waals surface area (Å²) in [5.41, 5.74) is -0.138. The minimum Gasteiger partial charge on any atom is -0.299 e. The number of nitrogens with zero attached hydrogens (tertiary/aromatic N) is 2. The molecule has 1 rings (SSSR count). The maximum atomic E-state index is 11.9. The number of nitro groups is 1. The third kappa shape index (κ3) is 2.88. The predicted octanol–water partition coefficient (Wildman–Crippen LogP) is 1.46. The van der Waals surface area contributed by atoms with E-state index in [0.717, 1.165) is 0 Å². The van der Waals surface area contributed by atoms with E-state index in [4.69, 9.17) is 0 Å². The van der Waals surface area contributed by atoms with Crippen LogP contribution in [0.4, 0.5) is 5.69 Å². The van der Waals surface area contributed by atoms with Crippen LogP contribution in [-0.4, -0.2) is 31.9 Å². The zero-order valence-electron chi connectivity index (χ0n) is 9.40. The van der Waals surface area contributed by atoms with E-state index in [1.807, 2.05) is 0 Å². The highest BCUT2D eigenvalue weighted by atomic mass is 32.2. The summed E-state index contributed by atoms with van der Waals surface area (Å²) in [6, 6.07) is 4.80. The molecule has 0 fully saturated rings. The fourth-order valence-electron chi connectivity index (χ4n) is 1.26. The molecule has 0 radical (unpaired) electrons. The van der Waals surface area contributed by atoms with E-state index in [9.17, 15) is 18.5 Å². The molecule has 0 aliphatic heterocycles. The van der Waals surface area contributed by atoms with E-state index in [-0.39, 0.29) is 10.6 Å². The quantitative estimate of drug-likeness (QED) is 0.463. The van der Waals surface area contributed by atoms with Crippen molar-refractivity contribution in [2.24, 2.45) is 4.99 Å². The van der Waals surface area contributed by atoms with Crippen LogP contribution in [0.2, 0.25) is 0 Å². The molecule has 1 aromatic rings. The molecule has 0 bridgehead atoms. The zero-order valence-corrected chi connectivity index (χ0v) is 10.2. The van der Waals surface area contributed by atoms with Crippen LogP contribution >= 0.6 is 0 Å². The van der Waals surface area contributed by atoms with E-state index >= 15 is 0 Å². The average Bonchev–Trinajstić information content (AvgIpc) is 2.29. The van der Waals surface area contributed by atoms with Crippen molar-refractivity contribution in [2.45, 2.75) is 17.1 Å². The standard InChI is InChI=1S/C10H12N2O4S/c1-8(7-11-2)17(15,16)10-5-3-9(4-6-10)12(13)14/h3-8H,1-2H3. The smallest absolute Gasteiger partial charge is 0.269 e. The van der Waals surface area contributed by atoms with E-state index in [2.05, 4.69) is 4.99 Å². The molecule has 92 valence electrons. The Morgan fingerprint density at radius 1 is 1.35 bits per heavy atom. The molecule has 0 spiro atoms. The number of sulfone groups is 1. The van der Waals surface area contributed by atoms with Crippen LogP contribution in [0.3, 0.4) is 0 Å². The molecule has 0 amide bonds. The molecule has 0 N–H and O–H groups in total. The summed E-state index contributed by atoms with van der Waals surface area (Å²) in [6.45, 7) is 1.50. The maximum absolute atomic E-state index is 11.9. The Bertz CT molecular complexity index is 534. The summed E-state index contributed by atoms with van der Waals surface area (Å²) in [4.78, 5) is 13.6. The highest BCUT2D eigenvalue weighted by molar-refractivity contribution is 7.92. The summed E-state index contributed by atoms with van der Waals surface area (Å²) in [5.74, 6) is 0. The zero-order chi connectivity index (χ0) is 13.1. The normalized spacial score (nSPS) is 13.8. The summed E-state index contributed by atoms with van der Waals surface area (Å²) in [7, 11) is -2.03. The summed E-state index contributed by atoms with van der Waals surface area (Å²) >= 11 is 0. The van der Waals surface area contributed by atoms with Crippen LogP contribution in [0.1, 0.15) is 6.92 Å². The lowest BCUT2D eigenvalue weighted by Crippen LogP contribution is -2.19. The second kappa shape index (κ2) is 5.05. The second-order valence-electron chi connectivity index (χ2n) is 3.41. The summed E-state index contributed by atoms with van der Waals surface area (Å²) in [6.07, 6.45) is 1.32. The van der Waals surface area contributed by atoms with Gasteiger partial charge < -0.3 is 0 Å². The Hall–Kier alpha value is -1.76. The Morgan fingerprint density at radius 2 is 1.88 bits per heavy atom. The fourth-order valence-corrected chi connectivity index (χ4v) is 2.49. The van der Waals surface area contributed by atoms with Crippen molar-refractivity contribution in [1.29, 1.82) is 0 Å². The second-order valence-corrected chi connectivity index (χ2v) is 5.71. The SMILES string of the molecule is CN=CC(C)S(=O)(=O)c1ccc([N+](=O)[O-])cc1. The third-order valence-corrected chi connectivity index (χ3v) is 4.25. The van der Waals surface area contributed by atoms with Crippen LogP contribution in [0.5, 0.6) is 0 Å². The van der Waals surface area contributed by atoms with Crippen molar-refractivity contribution < 1.29 is 13.3 Å². The molecule has 6 nitrogen and oxygen atoms in total. The van der Waals surface area contributed by atoms with E-state index in [1.54, 1.807) is 0 Å². The molecule has 0 aliphatic carbocycles. The third-order valence-electron chi connectivity index (χ3n) is 2.22. The summed E-state index contributed by atoms with van der Waals surface area (Å²) < 4.78 is 23.9. The van der Waals surface area contributed by atoms with Crippen molar-refractivity contribution in [3.8, 4) is 0 Å². The molecule has 1 atom stereocenters. The number of hydrogen-bond acceptors (Lipinski definition) is 5. The first kappa shape index (κ1) is 13.3. The molecule has 1 aromatic carbocycles. The lowest BCUT2D eigenvalue weighted by Gasteiger charge is -2.07. The number of benzene rings is 1. The van der Waals surface area contributed by atoms with E-state index in [0.29, 0.717) is 0 Å². The number of non-ortho nitro benzene ring substituents is 1. The van der Waals surface area contributed by atoms with Gasteiger partial charge in [0.15, 0.2) is 9.84 Å². The van der Waals surface area contributed by atoms with Crippen LogP contribution in [0.25, 0.3) is 0 Å². The number of rotatable bonds is 4. The Balaban J connectivity index is 3.13. The summed E-state index contributed by atoms with van der Waals surface area (Å²) in [5, 5.41) is 9.68. The monoisotopic (exact) mass is 256 g/mol. The van der Waals surface area contributed by atoms with Gasteiger partial charge in [-0.15, -0.1) is 0 Å². The molecule has 17 heavy (non-hydrogen) atoms. The van der Waals surface area contributed by atoms with E-state index < -0.39 is 20.0 Å². The molecular formula is C10H12N2O4S. The molecule has 0 heterocycles. The van der Waals surface area contributed by atoms with Crippen LogP contribution in [0.15, 0.2) is 34.2 Å². The topological polar surface area (TPSA) is 89.6 Å². The van der Waals surface area contributed by atoms with Crippen molar-refractivity contribution in [2.75, 3.05) is 7.05 Å². The van der Waals surface area contributed by atoms with Crippen molar-refractivity contribution in [1.82, 2.24) is 0 Å². The highest BCUT2D eigenvalue weighted by Gasteiger charge is 2.22. The predicted molar refractivity (Wildman–Crippen MR) is 64.2 cm³/mol. The Labute approximate surface area is 99.1 Å². The first-order valence-corrected chi connectivity index (χ1v) is 6.35. The number of hydrogen-bond donors (Lipinski definition) is 0. The lowest BCUT2D eigenvalue weighted by atomic mass is 10.3. The molecule has 1 unspecified atom stereocenters. The van der Waals surface area contributed by atoms with Crippen molar-refractivity contribution >= 4 is 21.7 Å². The first-order chi connectivity index (χ1) is 7.89. The molecule has 0 saturated heterocycles. The van der Waals surface area contributed by atoms with Gasteiger partial charge in [0.2, 0.25) is 0 Å². The minimum atomic E-state index is -3.52. The van der Waals surface area contributed by atoms with Gasteiger partial charge in [-0.1, -0.05) is 0 Å². The molecule has 0 aromatic heterocycles. The molecule has 0 aliphatic rings. The molecule has 7 heteroatoms. The molecule has 0 saturated carbocycles. The maximum Gasteiger partial charge on any atom is 0.269 e. The highest BCUT2D eigenvalue weighted by Crippen LogP contribution is 2.19. The average molecular weight is 256 g/mol. The van der Waals surface area contributed by atoms with Gasteiger partial charge in [-0.2, -0.15) is 0 Å². The largest absolute Gasteiger partial charge is 0.299 e. The van der Waals surface area contributed by atoms with Gasteiger partial charge >= 0.3 is 0 Å². The van der Waals surface area contributed by atoms with E-state index in [1.165, 1.54) is 44.5 Å². The Morgan fingerprint density at radius 3 is 2.29 bits per heavy atom. The van der Waals surface area contributed by atoms with Gasteiger partial charge in [0.25, 0.3) is 5.69 Å². The first-order valence-electron chi connectivity index (χ1n) is 4.80. The van der Waals surface area contributed by atoms with Gasteiger partial charge in [-0.05, 0) is 19.1 Å². The van der Waals surface area contributed by atoms with Gasteiger partial charge in [-0.25, -0.2) is 8.42 Å². The fraction of sp³-hybridized carbons (Fsp3) is 0.300. The van der Waals surface area contributed by atoms with Gasteiger partial charge in [0.1, 0.15) is 0 Å². The number of nitro benzene ring substituents is 1. The van der Waals surface area contributed by atoms with Crippen molar-refractivity contribution in [3.05, 3.63) is 34.4 Å². The van der Waals surface area contributed by atoms with Crippen LogP contribution < -0.4 is 0 Å². The van der Waals surface area contributed by atoms with Gasteiger partial charge in [0, 0.05) is 25.4 Å². The van der Waals surface area contributed by atoms with Gasteiger partial charge in [-0.3, -0.25) is 15.1 Å². The minimum absolute atomic E-state index is 0.0514. The van der Waals surface area contributed by atoms with Gasteiger partial charge in [0.05, 0.1) is 15.1 Å². The van der Waals surface area contributed by atoms with Crippen LogP contribution in [-0.2, 0) is 9.84 Å². The molecular weight excluding hydrogens is 244 g/mol. The Kier molecular flexibility index (Phi) is 3.95. The lowest BCUT2D eigenvalue weighted by molar-refractivity contribution is -0.384. The van der Waals surface area contributed by atoms with Crippen LogP contribution in [0, 0.1) is 10.1 Å².